The fraction of sp³-hybridized carbons (Fsp3) is 0.286. The lowest BCUT2D eigenvalue weighted by Crippen LogP contribution is -2.09. The van der Waals surface area contributed by atoms with Crippen molar-refractivity contribution in [3.8, 4) is 5.75 Å². The summed E-state index contributed by atoms with van der Waals surface area (Å²) in [5.74, 6) is -1.28. The monoisotopic (exact) mass is 247 g/mol. The third-order valence-electron chi connectivity index (χ3n) is 1.52. The quantitative estimate of drug-likeness (QED) is 0.772. The molecule has 84 valence electrons. The molecule has 0 aliphatic rings. The molecule has 0 aromatic carbocycles. The van der Waals surface area contributed by atoms with E-state index in [4.69, 9.17) is 16.7 Å². The molecule has 1 aromatic rings. The Hall–Kier alpha value is -1.11. The first-order valence-electron chi connectivity index (χ1n) is 3.48. The molecule has 2 nitrogen and oxygen atoms in total. The van der Waals surface area contributed by atoms with Gasteiger partial charge in [-0.2, -0.15) is 13.2 Å². The van der Waals surface area contributed by atoms with Gasteiger partial charge < -0.3 is 5.11 Å². The summed E-state index contributed by atoms with van der Waals surface area (Å²) in [6.07, 6.45) is -7.96. The Labute approximate surface area is 85.3 Å². The fourth-order valence-electron chi connectivity index (χ4n) is 0.914. The predicted molar refractivity (Wildman–Crippen MR) is 40.9 cm³/mol. The van der Waals surface area contributed by atoms with Crippen LogP contribution in [-0.2, 0) is 6.18 Å². The molecule has 0 fully saturated rings. The second kappa shape index (κ2) is 3.80. The molecule has 0 saturated heterocycles. The van der Waals surface area contributed by atoms with E-state index in [0.29, 0.717) is 0 Å². The van der Waals surface area contributed by atoms with Crippen LogP contribution in [0.1, 0.15) is 17.7 Å². The van der Waals surface area contributed by atoms with Crippen LogP contribution in [0.2, 0.25) is 5.02 Å². The molecule has 1 rings (SSSR count). The van der Waals surface area contributed by atoms with Crippen LogP contribution in [-0.4, -0.2) is 10.1 Å². The van der Waals surface area contributed by atoms with Gasteiger partial charge >= 0.3 is 6.18 Å². The lowest BCUT2D eigenvalue weighted by Gasteiger charge is -2.12. The summed E-state index contributed by atoms with van der Waals surface area (Å²) in [7, 11) is 0. The number of nitrogens with zero attached hydrogens (tertiary/aromatic N) is 1. The van der Waals surface area contributed by atoms with Crippen LogP contribution in [0.4, 0.5) is 22.0 Å². The van der Waals surface area contributed by atoms with Gasteiger partial charge in [0.2, 0.25) is 0 Å². The van der Waals surface area contributed by atoms with Crippen LogP contribution in [0.15, 0.2) is 6.20 Å². The van der Waals surface area contributed by atoms with Gasteiger partial charge in [0.15, 0.2) is 0 Å². The zero-order chi connectivity index (χ0) is 11.8. The van der Waals surface area contributed by atoms with Crippen molar-refractivity contribution in [1.82, 2.24) is 4.98 Å². The first kappa shape index (κ1) is 12.0. The molecule has 0 amide bonds. The minimum Gasteiger partial charge on any atom is -0.506 e. The van der Waals surface area contributed by atoms with Crippen molar-refractivity contribution in [2.24, 2.45) is 0 Å². The number of aromatic hydroxyl groups is 1. The van der Waals surface area contributed by atoms with Gasteiger partial charge in [-0.3, -0.25) is 0 Å². The number of pyridine rings is 1. The summed E-state index contributed by atoms with van der Waals surface area (Å²) in [6.45, 7) is 0. The van der Waals surface area contributed by atoms with Crippen LogP contribution in [0.25, 0.3) is 0 Å². The highest BCUT2D eigenvalue weighted by molar-refractivity contribution is 6.32. The Balaban J connectivity index is 3.44. The molecule has 0 aliphatic heterocycles. The number of hydrogen-bond acceptors (Lipinski definition) is 2. The summed E-state index contributed by atoms with van der Waals surface area (Å²) in [5.41, 5.74) is -2.91. The van der Waals surface area contributed by atoms with Gasteiger partial charge in [-0.15, -0.1) is 0 Å². The summed E-state index contributed by atoms with van der Waals surface area (Å²) < 4.78 is 61.0. The Morgan fingerprint density at radius 2 is 1.87 bits per heavy atom. The number of alkyl halides is 5. The lowest BCUT2D eigenvalue weighted by atomic mass is 10.2. The molecular formula is C7H3ClF5NO. The standard InChI is InChI=1S/C7H3ClF5NO/c8-4-3(7(11,12)13)2(15)1-14-5(4)6(9)10/h1,6,15H. The minimum absolute atomic E-state index is 0.288. The molecule has 15 heavy (non-hydrogen) atoms. The Bertz CT molecular complexity index is 378. The average molecular weight is 248 g/mol. The third kappa shape index (κ3) is 2.28. The van der Waals surface area contributed by atoms with Crippen LogP contribution in [0.5, 0.6) is 5.75 Å². The van der Waals surface area contributed by atoms with E-state index < -0.39 is 34.6 Å². The van der Waals surface area contributed by atoms with E-state index >= 15 is 0 Å². The Kier molecular flexibility index (Phi) is 3.03. The molecule has 0 aliphatic carbocycles. The number of hydrogen-bond donors (Lipinski definition) is 1. The van der Waals surface area contributed by atoms with E-state index in [9.17, 15) is 22.0 Å². The van der Waals surface area contributed by atoms with Gasteiger partial charge in [0.25, 0.3) is 6.43 Å². The largest absolute Gasteiger partial charge is 0.506 e. The third-order valence-corrected chi connectivity index (χ3v) is 1.90. The SMILES string of the molecule is Oc1cnc(C(F)F)c(Cl)c1C(F)(F)F. The first-order chi connectivity index (χ1) is 6.75. The molecule has 1 heterocycles. The van der Waals surface area contributed by atoms with Crippen LogP contribution >= 0.6 is 11.6 Å². The maximum Gasteiger partial charge on any atom is 0.421 e. The molecule has 0 saturated carbocycles. The Morgan fingerprint density at radius 3 is 2.27 bits per heavy atom. The van der Waals surface area contributed by atoms with Gasteiger partial charge in [-0.05, 0) is 0 Å². The Morgan fingerprint density at radius 1 is 1.33 bits per heavy atom. The van der Waals surface area contributed by atoms with Crippen LogP contribution in [0.3, 0.4) is 0 Å². The predicted octanol–water partition coefficient (Wildman–Crippen LogP) is 3.40. The van der Waals surface area contributed by atoms with Crippen LogP contribution < -0.4 is 0 Å². The first-order valence-corrected chi connectivity index (χ1v) is 3.85. The van der Waals surface area contributed by atoms with Gasteiger partial charge in [-0.1, -0.05) is 11.6 Å². The average Bonchev–Trinajstić information content (AvgIpc) is 2.00. The summed E-state index contributed by atoms with van der Waals surface area (Å²) in [6, 6.07) is 0. The van der Waals surface area contributed by atoms with E-state index in [0.717, 1.165) is 0 Å². The number of rotatable bonds is 1. The second-order valence-electron chi connectivity index (χ2n) is 2.52. The van der Waals surface area contributed by atoms with E-state index in [2.05, 4.69) is 4.98 Å². The van der Waals surface area contributed by atoms with E-state index in [-0.39, 0.29) is 6.20 Å². The molecule has 0 unspecified atom stereocenters. The zero-order valence-electron chi connectivity index (χ0n) is 6.82. The smallest absolute Gasteiger partial charge is 0.421 e. The van der Waals surface area contributed by atoms with E-state index in [1.54, 1.807) is 0 Å². The van der Waals surface area contributed by atoms with Crippen molar-refractivity contribution in [3.63, 3.8) is 0 Å². The van der Waals surface area contributed by atoms with Crippen molar-refractivity contribution in [2.75, 3.05) is 0 Å². The van der Waals surface area contributed by atoms with Gasteiger partial charge in [0.05, 0.1) is 11.2 Å². The summed E-state index contributed by atoms with van der Waals surface area (Å²) >= 11 is 5.07. The highest BCUT2D eigenvalue weighted by Crippen LogP contribution is 2.42. The van der Waals surface area contributed by atoms with Crippen molar-refractivity contribution < 1.29 is 27.1 Å². The molecule has 0 spiro atoms. The topological polar surface area (TPSA) is 33.1 Å². The number of halogens is 6. The lowest BCUT2D eigenvalue weighted by molar-refractivity contribution is -0.138. The molecular weight excluding hydrogens is 245 g/mol. The van der Waals surface area contributed by atoms with Crippen LogP contribution in [0, 0.1) is 0 Å². The van der Waals surface area contributed by atoms with Crippen molar-refractivity contribution in [2.45, 2.75) is 12.6 Å². The van der Waals surface area contributed by atoms with Gasteiger partial charge in [0, 0.05) is 0 Å². The van der Waals surface area contributed by atoms with Gasteiger partial charge in [-0.25, -0.2) is 13.8 Å². The molecule has 0 atom stereocenters. The van der Waals surface area contributed by atoms with E-state index in [1.807, 2.05) is 0 Å². The van der Waals surface area contributed by atoms with Crippen molar-refractivity contribution in [1.29, 1.82) is 0 Å². The maximum atomic E-state index is 12.2. The maximum absolute atomic E-state index is 12.2. The highest BCUT2D eigenvalue weighted by Gasteiger charge is 2.39. The summed E-state index contributed by atoms with van der Waals surface area (Å²) in [5, 5.41) is 7.54. The normalized spacial score (nSPS) is 12.2. The second-order valence-corrected chi connectivity index (χ2v) is 2.89. The van der Waals surface area contributed by atoms with Crippen molar-refractivity contribution in [3.05, 3.63) is 22.5 Å². The van der Waals surface area contributed by atoms with Crippen molar-refractivity contribution >= 4 is 11.6 Å². The number of aromatic nitrogens is 1. The van der Waals surface area contributed by atoms with E-state index in [1.165, 1.54) is 0 Å². The summed E-state index contributed by atoms with van der Waals surface area (Å²) in [4.78, 5) is 2.92. The van der Waals surface area contributed by atoms with Gasteiger partial charge in [0.1, 0.15) is 17.0 Å². The highest BCUT2D eigenvalue weighted by atomic mass is 35.5. The minimum atomic E-state index is -5.01. The molecule has 1 N–H and O–H groups in total. The molecule has 1 aromatic heterocycles. The molecule has 0 radical (unpaired) electrons. The molecule has 0 bridgehead atoms. The fourth-order valence-corrected chi connectivity index (χ4v) is 1.25. The zero-order valence-corrected chi connectivity index (χ0v) is 7.57. The molecule has 8 heteroatoms.